The monoisotopic (exact) mass is 386 g/mol. The lowest BCUT2D eigenvalue weighted by Gasteiger charge is -2.29. The molecule has 0 bridgehead atoms. The van der Waals surface area contributed by atoms with Crippen LogP contribution in [-0.4, -0.2) is 38.4 Å². The minimum Gasteiger partial charge on any atom is -0.322 e. The van der Waals surface area contributed by atoms with Crippen LogP contribution in [0.2, 0.25) is 0 Å². The molecule has 144 valence electrons. The minimum atomic E-state index is -0.600. The first-order valence-corrected chi connectivity index (χ1v) is 9.48. The summed E-state index contributed by atoms with van der Waals surface area (Å²) >= 11 is 0. The van der Waals surface area contributed by atoms with Gasteiger partial charge in [0, 0.05) is 30.3 Å². The molecule has 0 spiro atoms. The molecule has 3 aromatic rings. The van der Waals surface area contributed by atoms with Crippen molar-refractivity contribution in [3.05, 3.63) is 72.1 Å². The number of piperidine rings is 1. The Morgan fingerprint density at radius 2 is 1.83 bits per heavy atom. The lowest BCUT2D eigenvalue weighted by Crippen LogP contribution is -2.52. The Hall–Kier alpha value is -3.74. The second kappa shape index (κ2) is 6.70. The summed E-state index contributed by atoms with van der Waals surface area (Å²) in [4.78, 5) is 37.9. The number of para-hydroxylation sites is 1. The highest BCUT2D eigenvalue weighted by atomic mass is 16.2. The van der Waals surface area contributed by atoms with E-state index in [1.807, 2.05) is 53.3 Å². The van der Waals surface area contributed by atoms with Crippen LogP contribution in [0.5, 0.6) is 0 Å². The lowest BCUT2D eigenvalue weighted by atomic mass is 10.0. The summed E-state index contributed by atoms with van der Waals surface area (Å²) in [5, 5.41) is 6.76. The second-order valence-corrected chi connectivity index (χ2v) is 7.28. The van der Waals surface area contributed by atoms with Gasteiger partial charge in [-0.1, -0.05) is 24.3 Å². The van der Waals surface area contributed by atoms with Crippen LogP contribution in [0.15, 0.2) is 60.9 Å². The minimum absolute atomic E-state index is 0.166. The molecule has 0 aliphatic carbocycles. The lowest BCUT2D eigenvalue weighted by molar-refractivity contribution is -0.136. The van der Waals surface area contributed by atoms with Crippen LogP contribution in [0.3, 0.4) is 0 Å². The molecule has 2 aliphatic heterocycles. The quantitative estimate of drug-likeness (QED) is 0.700. The van der Waals surface area contributed by atoms with Crippen molar-refractivity contribution >= 4 is 17.7 Å². The molecule has 7 heteroatoms. The molecule has 7 nitrogen and oxygen atoms in total. The van der Waals surface area contributed by atoms with Gasteiger partial charge in [-0.05, 0) is 41.8 Å². The number of nitrogens with zero attached hydrogens (tertiary/aromatic N) is 3. The Labute approximate surface area is 166 Å². The molecule has 29 heavy (non-hydrogen) atoms. The number of benzene rings is 2. The van der Waals surface area contributed by atoms with Crippen molar-refractivity contribution in [3.8, 4) is 16.8 Å². The van der Waals surface area contributed by atoms with Gasteiger partial charge in [-0.2, -0.15) is 5.10 Å². The number of carbonyl (C=O) groups excluding carboxylic acids is 3. The van der Waals surface area contributed by atoms with E-state index in [-0.39, 0.29) is 18.2 Å². The topological polar surface area (TPSA) is 84.3 Å². The largest absolute Gasteiger partial charge is 0.322 e. The van der Waals surface area contributed by atoms with Crippen molar-refractivity contribution in [2.24, 2.45) is 0 Å². The third-order valence-electron chi connectivity index (χ3n) is 5.46. The van der Waals surface area contributed by atoms with E-state index in [0.29, 0.717) is 18.5 Å². The summed E-state index contributed by atoms with van der Waals surface area (Å²) in [6.45, 7) is 0.362. The number of fused-ring (bicyclic) bond motifs is 1. The van der Waals surface area contributed by atoms with Gasteiger partial charge in [0.2, 0.25) is 11.8 Å². The number of amides is 3. The maximum absolute atomic E-state index is 12.8. The highest BCUT2D eigenvalue weighted by molar-refractivity contribution is 6.05. The first-order valence-electron chi connectivity index (χ1n) is 9.48. The Balaban J connectivity index is 1.41. The summed E-state index contributed by atoms with van der Waals surface area (Å²) in [6, 6.07) is 14.9. The summed E-state index contributed by atoms with van der Waals surface area (Å²) in [7, 11) is 0. The second-order valence-electron chi connectivity index (χ2n) is 7.28. The highest BCUT2D eigenvalue weighted by Crippen LogP contribution is 2.31. The zero-order valence-corrected chi connectivity index (χ0v) is 15.5. The van der Waals surface area contributed by atoms with Gasteiger partial charge in [-0.25, -0.2) is 4.68 Å². The number of hydrogen-bond acceptors (Lipinski definition) is 4. The fourth-order valence-corrected chi connectivity index (χ4v) is 3.95. The van der Waals surface area contributed by atoms with Crippen LogP contribution < -0.4 is 5.32 Å². The highest BCUT2D eigenvalue weighted by Gasteiger charge is 2.39. The van der Waals surface area contributed by atoms with Gasteiger partial charge in [-0.3, -0.25) is 19.7 Å². The van der Waals surface area contributed by atoms with Gasteiger partial charge < -0.3 is 4.90 Å². The van der Waals surface area contributed by atoms with Gasteiger partial charge in [0.15, 0.2) is 0 Å². The first kappa shape index (κ1) is 17.4. The zero-order chi connectivity index (χ0) is 20.0. The van der Waals surface area contributed by atoms with Gasteiger partial charge >= 0.3 is 0 Å². The molecule has 1 N–H and O–H groups in total. The number of hydrogen-bond donors (Lipinski definition) is 1. The van der Waals surface area contributed by atoms with E-state index in [1.165, 1.54) is 0 Å². The van der Waals surface area contributed by atoms with E-state index < -0.39 is 11.9 Å². The Morgan fingerprint density at radius 3 is 2.62 bits per heavy atom. The fourth-order valence-electron chi connectivity index (χ4n) is 3.95. The van der Waals surface area contributed by atoms with E-state index in [9.17, 15) is 14.4 Å². The molecule has 0 saturated carbocycles. The summed E-state index contributed by atoms with van der Waals surface area (Å²) in [5.74, 6) is -0.846. The number of rotatable bonds is 3. The number of imide groups is 1. The molecular formula is C22H18N4O3. The average Bonchev–Trinajstić information content (AvgIpc) is 3.34. The Morgan fingerprint density at radius 1 is 1.00 bits per heavy atom. The number of aromatic nitrogens is 2. The molecule has 1 fully saturated rings. The average molecular weight is 386 g/mol. The molecule has 3 heterocycles. The van der Waals surface area contributed by atoms with Crippen LogP contribution >= 0.6 is 0 Å². The Bertz CT molecular complexity index is 1140. The summed E-state index contributed by atoms with van der Waals surface area (Å²) in [5.41, 5.74) is 4.37. The molecule has 1 aromatic heterocycles. The van der Waals surface area contributed by atoms with Crippen LogP contribution in [0.4, 0.5) is 0 Å². The molecule has 5 rings (SSSR count). The smallest absolute Gasteiger partial charge is 0.255 e. The third kappa shape index (κ3) is 3.00. The van der Waals surface area contributed by atoms with Gasteiger partial charge in [0.25, 0.3) is 5.91 Å². The van der Waals surface area contributed by atoms with Crippen molar-refractivity contribution in [3.63, 3.8) is 0 Å². The Kier molecular flexibility index (Phi) is 4.01. The van der Waals surface area contributed by atoms with Gasteiger partial charge in [0.05, 0.1) is 11.9 Å². The standard InChI is InChI=1S/C22H18N4O3/c27-20-9-8-19(21(28)24-20)25-12-15-10-14(6-7-18(15)22(25)29)16-11-23-26(13-16)17-4-2-1-3-5-17/h1-7,10-11,13,19H,8-9,12H2,(H,24,27,28). The van der Waals surface area contributed by atoms with E-state index in [0.717, 1.165) is 22.4 Å². The van der Waals surface area contributed by atoms with Crippen LogP contribution in [0.1, 0.15) is 28.8 Å². The predicted molar refractivity (Wildman–Crippen MR) is 105 cm³/mol. The first-order chi connectivity index (χ1) is 14.1. The molecule has 1 unspecified atom stereocenters. The molecule has 1 saturated heterocycles. The van der Waals surface area contributed by atoms with Crippen LogP contribution in [0, 0.1) is 0 Å². The maximum atomic E-state index is 12.8. The van der Waals surface area contributed by atoms with Crippen LogP contribution in [-0.2, 0) is 16.1 Å². The van der Waals surface area contributed by atoms with Crippen molar-refractivity contribution in [1.29, 1.82) is 0 Å². The molecule has 2 aliphatic rings. The van der Waals surface area contributed by atoms with Gasteiger partial charge in [-0.15, -0.1) is 0 Å². The third-order valence-corrected chi connectivity index (χ3v) is 5.46. The van der Waals surface area contributed by atoms with E-state index in [2.05, 4.69) is 10.4 Å². The summed E-state index contributed by atoms with van der Waals surface area (Å²) < 4.78 is 1.81. The molecular weight excluding hydrogens is 368 g/mol. The van der Waals surface area contributed by atoms with E-state index in [1.54, 1.807) is 17.2 Å². The molecule has 0 radical (unpaired) electrons. The van der Waals surface area contributed by atoms with E-state index in [4.69, 9.17) is 0 Å². The zero-order valence-electron chi connectivity index (χ0n) is 15.5. The van der Waals surface area contributed by atoms with Crippen molar-refractivity contribution in [1.82, 2.24) is 20.0 Å². The molecule has 1 atom stereocenters. The molecule has 3 amide bonds. The number of carbonyl (C=O) groups is 3. The number of nitrogens with one attached hydrogen (secondary N) is 1. The molecule has 2 aromatic carbocycles. The maximum Gasteiger partial charge on any atom is 0.255 e. The van der Waals surface area contributed by atoms with Crippen molar-refractivity contribution in [2.45, 2.75) is 25.4 Å². The van der Waals surface area contributed by atoms with E-state index >= 15 is 0 Å². The normalized spacial score (nSPS) is 18.7. The van der Waals surface area contributed by atoms with Crippen LogP contribution in [0.25, 0.3) is 16.8 Å². The van der Waals surface area contributed by atoms with Crippen molar-refractivity contribution in [2.75, 3.05) is 0 Å². The predicted octanol–water partition coefficient (Wildman–Crippen LogP) is 2.30. The van der Waals surface area contributed by atoms with Crippen molar-refractivity contribution < 1.29 is 14.4 Å². The van der Waals surface area contributed by atoms with Gasteiger partial charge in [0.1, 0.15) is 6.04 Å². The SMILES string of the molecule is O=C1CCC(N2Cc3cc(-c4cnn(-c5ccccc5)c4)ccc3C2=O)C(=O)N1. The fraction of sp³-hybridized carbons (Fsp3) is 0.182. The summed E-state index contributed by atoms with van der Waals surface area (Å²) in [6.07, 6.45) is 4.36.